The highest BCUT2D eigenvalue weighted by molar-refractivity contribution is 6.33. The summed E-state index contributed by atoms with van der Waals surface area (Å²) < 4.78 is 0. The molecule has 5 rings (SSSR count). The molecule has 0 spiro atoms. The third kappa shape index (κ3) is 2.65. The van der Waals surface area contributed by atoms with E-state index in [-0.39, 0.29) is 17.6 Å². The molecule has 1 aromatic carbocycles. The number of carbonyl (C=O) groups excluding carboxylic acids is 1. The summed E-state index contributed by atoms with van der Waals surface area (Å²) in [5, 5.41) is 0.331. The lowest BCUT2D eigenvalue weighted by atomic mass is 10.1. The second-order valence-electron chi connectivity index (χ2n) is 7.45. The van der Waals surface area contributed by atoms with Crippen molar-refractivity contribution in [3.05, 3.63) is 50.9 Å². The van der Waals surface area contributed by atoms with Crippen LogP contribution in [0.4, 0.5) is 0 Å². The van der Waals surface area contributed by atoms with Gasteiger partial charge in [0.2, 0.25) is 0 Å². The Bertz CT molecular complexity index is 1150. The van der Waals surface area contributed by atoms with Crippen LogP contribution in [0.15, 0.2) is 29.2 Å². The minimum absolute atomic E-state index is 0.0384. The summed E-state index contributed by atoms with van der Waals surface area (Å²) in [6, 6.07) is 5.39. The van der Waals surface area contributed by atoms with Crippen LogP contribution < -0.4 is 5.56 Å². The van der Waals surface area contributed by atoms with Gasteiger partial charge in [0.15, 0.2) is 0 Å². The van der Waals surface area contributed by atoms with E-state index < -0.39 is 0 Å². The molecule has 2 N–H and O–H groups in total. The number of aromatic amines is 2. The lowest BCUT2D eigenvalue weighted by Crippen LogP contribution is -2.45. The molecule has 0 radical (unpaired) electrons. The fourth-order valence-corrected chi connectivity index (χ4v) is 4.49. The van der Waals surface area contributed by atoms with Gasteiger partial charge in [0.25, 0.3) is 11.5 Å². The molecular weight excluding hydrogens is 378 g/mol. The van der Waals surface area contributed by atoms with Gasteiger partial charge >= 0.3 is 0 Å². The Morgan fingerprint density at radius 1 is 1.21 bits per heavy atom. The standard InChI is InChI=1S/C20H20ClN5O2/c1-11(25-6-2-3-7-25)26-10-12-8-15-16(9-13(12)20(26)28)24-18(23-15)17-14(21)4-5-22-19(17)27/h4-5,8-9,11H,2-3,6-7,10H2,1H3,(H,22,27)(H,23,24). The summed E-state index contributed by atoms with van der Waals surface area (Å²) in [6.07, 6.45) is 3.97. The molecule has 8 heteroatoms. The van der Waals surface area contributed by atoms with Crippen LogP contribution in [0.25, 0.3) is 22.4 Å². The zero-order chi connectivity index (χ0) is 19.4. The predicted octanol–water partition coefficient (Wildman–Crippen LogP) is 2.97. The summed E-state index contributed by atoms with van der Waals surface area (Å²) in [5.74, 6) is 0.441. The molecule has 0 aliphatic carbocycles. The van der Waals surface area contributed by atoms with Crippen molar-refractivity contribution < 1.29 is 4.79 Å². The van der Waals surface area contributed by atoms with Crippen LogP contribution in [0.5, 0.6) is 0 Å². The van der Waals surface area contributed by atoms with E-state index in [1.165, 1.54) is 19.0 Å². The number of aromatic nitrogens is 3. The van der Waals surface area contributed by atoms with Crippen molar-refractivity contribution in [2.45, 2.75) is 32.5 Å². The monoisotopic (exact) mass is 397 g/mol. The molecule has 0 saturated carbocycles. The van der Waals surface area contributed by atoms with Gasteiger partial charge in [0, 0.05) is 31.4 Å². The molecule has 1 unspecified atom stereocenters. The molecule has 0 bridgehead atoms. The molecule has 1 fully saturated rings. The smallest absolute Gasteiger partial charge is 0.260 e. The van der Waals surface area contributed by atoms with E-state index in [1.807, 2.05) is 17.0 Å². The summed E-state index contributed by atoms with van der Waals surface area (Å²) >= 11 is 6.19. The van der Waals surface area contributed by atoms with Crippen LogP contribution in [0.3, 0.4) is 0 Å². The number of rotatable bonds is 3. The van der Waals surface area contributed by atoms with E-state index in [1.54, 1.807) is 6.07 Å². The predicted molar refractivity (Wildman–Crippen MR) is 107 cm³/mol. The maximum atomic E-state index is 13.0. The van der Waals surface area contributed by atoms with Crippen molar-refractivity contribution in [2.24, 2.45) is 0 Å². The third-order valence-corrected chi connectivity index (χ3v) is 6.12. The molecule has 144 valence electrons. The summed E-state index contributed by atoms with van der Waals surface area (Å²) in [5.41, 5.74) is 3.10. The highest BCUT2D eigenvalue weighted by Gasteiger charge is 2.34. The SMILES string of the molecule is CC(N1CCCC1)N1Cc2cc3[nH]c(-c4c(Cl)cc[nH]c4=O)nc3cc2C1=O. The maximum Gasteiger partial charge on any atom is 0.260 e. The average molecular weight is 398 g/mol. The molecule has 2 aliphatic rings. The summed E-state index contributed by atoms with van der Waals surface area (Å²) in [6.45, 7) is 4.77. The molecule has 1 atom stereocenters. The molecule has 28 heavy (non-hydrogen) atoms. The Morgan fingerprint density at radius 3 is 2.75 bits per heavy atom. The van der Waals surface area contributed by atoms with Crippen LogP contribution in [-0.4, -0.2) is 49.9 Å². The number of amides is 1. The van der Waals surface area contributed by atoms with Gasteiger partial charge in [0.05, 0.1) is 22.2 Å². The molecule has 2 aliphatic heterocycles. The van der Waals surface area contributed by atoms with Gasteiger partial charge in [0.1, 0.15) is 11.4 Å². The van der Waals surface area contributed by atoms with Crippen molar-refractivity contribution in [1.29, 1.82) is 0 Å². The number of nitrogens with one attached hydrogen (secondary N) is 2. The van der Waals surface area contributed by atoms with Crippen LogP contribution in [-0.2, 0) is 6.54 Å². The molecule has 2 aromatic heterocycles. The zero-order valence-electron chi connectivity index (χ0n) is 15.5. The van der Waals surface area contributed by atoms with E-state index in [2.05, 4.69) is 26.8 Å². The first-order chi connectivity index (χ1) is 13.5. The van der Waals surface area contributed by atoms with Crippen molar-refractivity contribution in [3.8, 4) is 11.4 Å². The lowest BCUT2D eigenvalue weighted by molar-refractivity contribution is 0.0463. The number of benzene rings is 1. The molecule has 4 heterocycles. The Kier molecular flexibility index (Phi) is 4.03. The third-order valence-electron chi connectivity index (χ3n) is 5.81. The summed E-state index contributed by atoms with van der Waals surface area (Å²) in [7, 11) is 0. The van der Waals surface area contributed by atoms with Gasteiger partial charge < -0.3 is 14.9 Å². The number of hydrogen-bond acceptors (Lipinski definition) is 4. The number of nitrogens with zero attached hydrogens (tertiary/aromatic N) is 3. The number of pyridine rings is 1. The first-order valence-corrected chi connectivity index (χ1v) is 9.86. The van der Waals surface area contributed by atoms with E-state index in [4.69, 9.17) is 11.6 Å². The minimum atomic E-state index is -0.305. The summed E-state index contributed by atoms with van der Waals surface area (Å²) in [4.78, 5) is 39.8. The Labute approximate surface area is 166 Å². The van der Waals surface area contributed by atoms with Crippen molar-refractivity contribution in [1.82, 2.24) is 24.8 Å². The van der Waals surface area contributed by atoms with Crippen molar-refractivity contribution in [2.75, 3.05) is 13.1 Å². The van der Waals surface area contributed by atoms with Crippen LogP contribution in [0, 0.1) is 0 Å². The van der Waals surface area contributed by atoms with Crippen LogP contribution >= 0.6 is 11.6 Å². The van der Waals surface area contributed by atoms with Gasteiger partial charge in [-0.2, -0.15) is 0 Å². The average Bonchev–Trinajstić information content (AvgIpc) is 3.39. The molecule has 1 amide bonds. The topological polar surface area (TPSA) is 85.1 Å². The number of likely N-dealkylation sites (tertiary alicyclic amines) is 1. The number of halogens is 1. The Morgan fingerprint density at radius 2 is 2.00 bits per heavy atom. The lowest BCUT2D eigenvalue weighted by Gasteiger charge is -2.32. The highest BCUT2D eigenvalue weighted by Crippen LogP contribution is 2.31. The van der Waals surface area contributed by atoms with Crippen LogP contribution in [0.2, 0.25) is 5.02 Å². The minimum Gasteiger partial charge on any atom is -0.338 e. The van der Waals surface area contributed by atoms with Crippen molar-refractivity contribution >= 4 is 28.5 Å². The van der Waals surface area contributed by atoms with Crippen molar-refractivity contribution in [3.63, 3.8) is 0 Å². The molecule has 1 saturated heterocycles. The Hall–Kier alpha value is -2.64. The van der Waals surface area contributed by atoms with E-state index >= 15 is 0 Å². The quantitative estimate of drug-likeness (QED) is 0.711. The number of H-pyrrole nitrogens is 2. The largest absolute Gasteiger partial charge is 0.338 e. The van der Waals surface area contributed by atoms with Gasteiger partial charge in [-0.15, -0.1) is 0 Å². The zero-order valence-corrected chi connectivity index (χ0v) is 16.2. The Balaban J connectivity index is 1.52. The first kappa shape index (κ1) is 17.5. The van der Waals surface area contributed by atoms with E-state index in [0.717, 1.165) is 24.2 Å². The number of imidazole rings is 1. The fraction of sp³-hybridized carbons (Fsp3) is 0.350. The van der Waals surface area contributed by atoms with E-state index in [9.17, 15) is 9.59 Å². The second-order valence-corrected chi connectivity index (χ2v) is 7.86. The fourth-order valence-electron chi connectivity index (χ4n) is 4.25. The first-order valence-electron chi connectivity index (χ1n) is 9.48. The van der Waals surface area contributed by atoms with Gasteiger partial charge in [-0.1, -0.05) is 11.6 Å². The van der Waals surface area contributed by atoms with E-state index in [0.29, 0.717) is 34.0 Å². The highest BCUT2D eigenvalue weighted by atomic mass is 35.5. The molecular formula is C20H20ClN5O2. The number of carbonyl (C=O) groups is 1. The number of fused-ring (bicyclic) bond motifs is 2. The normalized spacial score (nSPS) is 18.2. The molecule has 3 aromatic rings. The van der Waals surface area contributed by atoms with Gasteiger partial charge in [-0.25, -0.2) is 4.98 Å². The van der Waals surface area contributed by atoms with Crippen LogP contribution in [0.1, 0.15) is 35.7 Å². The van der Waals surface area contributed by atoms with Gasteiger partial charge in [-0.3, -0.25) is 14.5 Å². The molecule has 7 nitrogen and oxygen atoms in total. The number of hydrogen-bond donors (Lipinski definition) is 2. The van der Waals surface area contributed by atoms with Gasteiger partial charge in [-0.05, 0) is 43.5 Å². The maximum absolute atomic E-state index is 13.0. The second kappa shape index (κ2) is 6.46.